The third-order valence-corrected chi connectivity index (χ3v) is 6.77. The zero-order chi connectivity index (χ0) is 21.3. The molecule has 1 unspecified atom stereocenters. The maximum Gasteiger partial charge on any atom is 0.260 e. The van der Waals surface area contributed by atoms with Crippen molar-refractivity contribution in [1.29, 1.82) is 0 Å². The molecule has 2 aromatic heterocycles. The van der Waals surface area contributed by atoms with Crippen LogP contribution < -0.4 is 10.9 Å². The molecule has 0 radical (unpaired) electrons. The molecular weight excluding hydrogens is 461 g/mol. The largest absolute Gasteiger partial charge is 0.324 e. The summed E-state index contributed by atoms with van der Waals surface area (Å²) in [4.78, 5) is 33.3. The van der Waals surface area contributed by atoms with Crippen LogP contribution in [0.15, 0.2) is 63.9 Å². The maximum atomic E-state index is 12.7. The second-order valence-electron chi connectivity index (χ2n) is 6.44. The lowest BCUT2D eigenvalue weighted by atomic mass is 10.1. The smallest absolute Gasteiger partial charge is 0.260 e. The molecule has 2 aromatic carbocycles. The summed E-state index contributed by atoms with van der Waals surface area (Å²) in [5.74, 6) is -0.275. The number of thiophene rings is 1. The van der Waals surface area contributed by atoms with Crippen LogP contribution in [0.2, 0.25) is 10.0 Å². The molecule has 2 heterocycles. The molecule has 1 atom stereocenters. The van der Waals surface area contributed by atoms with Gasteiger partial charge in [0.2, 0.25) is 5.91 Å². The summed E-state index contributed by atoms with van der Waals surface area (Å²) in [6.45, 7) is 1.73. The molecule has 0 aliphatic rings. The second kappa shape index (κ2) is 8.81. The van der Waals surface area contributed by atoms with Gasteiger partial charge in [-0.3, -0.25) is 9.59 Å². The number of nitrogens with one attached hydrogen (secondary N) is 2. The molecule has 0 bridgehead atoms. The number of aromatic amines is 1. The lowest BCUT2D eigenvalue weighted by Gasteiger charge is -2.12. The van der Waals surface area contributed by atoms with Crippen molar-refractivity contribution in [3.05, 3.63) is 74.3 Å². The Kier molecular flexibility index (Phi) is 6.15. The number of rotatable bonds is 5. The number of anilines is 1. The van der Waals surface area contributed by atoms with Crippen LogP contribution in [0.3, 0.4) is 0 Å². The van der Waals surface area contributed by atoms with E-state index >= 15 is 0 Å². The van der Waals surface area contributed by atoms with E-state index in [2.05, 4.69) is 15.3 Å². The zero-order valence-electron chi connectivity index (χ0n) is 15.6. The summed E-state index contributed by atoms with van der Waals surface area (Å²) in [6.07, 6.45) is 0. The van der Waals surface area contributed by atoms with Crippen molar-refractivity contribution in [2.24, 2.45) is 0 Å². The van der Waals surface area contributed by atoms with Crippen molar-refractivity contribution in [2.75, 3.05) is 5.32 Å². The number of benzene rings is 2. The fraction of sp³-hybridized carbons (Fsp3) is 0.0952. The van der Waals surface area contributed by atoms with Gasteiger partial charge >= 0.3 is 0 Å². The third-order valence-electron chi connectivity index (χ3n) is 4.35. The van der Waals surface area contributed by atoms with E-state index in [0.29, 0.717) is 31.1 Å². The van der Waals surface area contributed by atoms with E-state index in [4.69, 9.17) is 23.2 Å². The van der Waals surface area contributed by atoms with Crippen molar-refractivity contribution in [1.82, 2.24) is 9.97 Å². The first-order valence-corrected chi connectivity index (χ1v) is 11.4. The first-order valence-electron chi connectivity index (χ1n) is 8.92. The van der Waals surface area contributed by atoms with Crippen LogP contribution in [0.25, 0.3) is 21.3 Å². The minimum absolute atomic E-state index is 0.229. The van der Waals surface area contributed by atoms with Gasteiger partial charge in [-0.05, 0) is 30.7 Å². The second-order valence-corrected chi connectivity index (χ2v) is 9.47. The van der Waals surface area contributed by atoms with Gasteiger partial charge in [0.05, 0.1) is 21.3 Å². The van der Waals surface area contributed by atoms with Crippen molar-refractivity contribution in [3.63, 3.8) is 0 Å². The predicted molar refractivity (Wildman–Crippen MR) is 126 cm³/mol. The number of fused-ring (bicyclic) bond motifs is 1. The number of carbonyl (C=O) groups is 1. The van der Waals surface area contributed by atoms with Crippen molar-refractivity contribution in [2.45, 2.75) is 17.3 Å². The average Bonchev–Trinajstić information content (AvgIpc) is 3.16. The lowest BCUT2D eigenvalue weighted by molar-refractivity contribution is -0.115. The van der Waals surface area contributed by atoms with E-state index in [1.54, 1.807) is 25.1 Å². The van der Waals surface area contributed by atoms with Gasteiger partial charge in [0.25, 0.3) is 5.56 Å². The van der Waals surface area contributed by atoms with Crippen molar-refractivity contribution in [3.8, 4) is 11.1 Å². The molecule has 9 heteroatoms. The summed E-state index contributed by atoms with van der Waals surface area (Å²) < 4.78 is 0. The highest BCUT2D eigenvalue weighted by molar-refractivity contribution is 8.00. The van der Waals surface area contributed by atoms with Crippen LogP contribution in [0.5, 0.6) is 0 Å². The van der Waals surface area contributed by atoms with Gasteiger partial charge in [-0.1, -0.05) is 65.3 Å². The molecule has 5 nitrogen and oxygen atoms in total. The highest BCUT2D eigenvalue weighted by Crippen LogP contribution is 2.32. The third kappa shape index (κ3) is 4.39. The van der Waals surface area contributed by atoms with Gasteiger partial charge in [0.1, 0.15) is 4.83 Å². The van der Waals surface area contributed by atoms with Gasteiger partial charge in [0, 0.05) is 16.0 Å². The van der Waals surface area contributed by atoms with Gasteiger partial charge < -0.3 is 10.3 Å². The van der Waals surface area contributed by atoms with Crippen LogP contribution >= 0.6 is 46.3 Å². The highest BCUT2D eigenvalue weighted by Gasteiger charge is 2.19. The standard InChI is InChI=1S/C21H15Cl2N3O2S2/c1-11(18(27)24-16-9-13(22)7-8-15(16)23)30-21-25-19(28)17-14(10-29-20(17)26-21)12-5-3-2-4-6-12/h2-11H,1H3,(H,24,27)(H,25,26,28). The van der Waals surface area contributed by atoms with E-state index in [9.17, 15) is 9.59 Å². The van der Waals surface area contributed by atoms with E-state index in [1.165, 1.54) is 23.1 Å². The number of H-pyrrole nitrogens is 1. The molecule has 2 N–H and O–H groups in total. The number of carbonyl (C=O) groups excluding carboxylic acids is 1. The fourth-order valence-corrected chi connectivity index (χ4v) is 5.00. The Balaban J connectivity index is 1.56. The number of hydrogen-bond acceptors (Lipinski definition) is 5. The van der Waals surface area contributed by atoms with Gasteiger partial charge in [-0.2, -0.15) is 0 Å². The molecule has 0 saturated carbocycles. The summed E-state index contributed by atoms with van der Waals surface area (Å²) in [5.41, 5.74) is 2.02. The van der Waals surface area contributed by atoms with Crippen LogP contribution in [0.4, 0.5) is 5.69 Å². The number of nitrogens with zero attached hydrogens (tertiary/aromatic N) is 1. The molecular formula is C21H15Cl2N3O2S2. The number of aromatic nitrogens is 2. The minimum Gasteiger partial charge on any atom is -0.324 e. The number of thioether (sulfide) groups is 1. The van der Waals surface area contributed by atoms with Gasteiger partial charge in [-0.15, -0.1) is 11.3 Å². The van der Waals surface area contributed by atoms with Crippen molar-refractivity contribution >= 4 is 68.1 Å². The van der Waals surface area contributed by atoms with E-state index in [-0.39, 0.29) is 11.5 Å². The molecule has 1 amide bonds. The van der Waals surface area contributed by atoms with E-state index < -0.39 is 5.25 Å². The topological polar surface area (TPSA) is 74.8 Å². The molecule has 30 heavy (non-hydrogen) atoms. The van der Waals surface area contributed by atoms with E-state index in [0.717, 1.165) is 11.1 Å². The maximum absolute atomic E-state index is 12.7. The molecule has 0 aliphatic heterocycles. The number of hydrogen-bond donors (Lipinski definition) is 2. The van der Waals surface area contributed by atoms with Crippen LogP contribution in [-0.4, -0.2) is 21.1 Å². The van der Waals surface area contributed by atoms with Crippen LogP contribution in [0, 0.1) is 0 Å². The summed E-state index contributed by atoms with van der Waals surface area (Å²) >= 11 is 14.6. The van der Waals surface area contributed by atoms with Crippen molar-refractivity contribution < 1.29 is 4.79 Å². The molecule has 0 fully saturated rings. The molecule has 0 aliphatic carbocycles. The van der Waals surface area contributed by atoms with Gasteiger partial charge in [0.15, 0.2) is 5.16 Å². The molecule has 0 spiro atoms. The molecule has 0 saturated heterocycles. The van der Waals surface area contributed by atoms with Crippen LogP contribution in [-0.2, 0) is 4.79 Å². The van der Waals surface area contributed by atoms with Gasteiger partial charge in [-0.25, -0.2) is 4.98 Å². The first kappa shape index (κ1) is 20.9. The number of amides is 1. The highest BCUT2D eigenvalue weighted by atomic mass is 35.5. The molecule has 4 rings (SSSR count). The Morgan fingerprint density at radius 2 is 1.97 bits per heavy atom. The average molecular weight is 476 g/mol. The fourth-order valence-electron chi connectivity index (χ4n) is 2.86. The Labute approximate surface area is 190 Å². The summed E-state index contributed by atoms with van der Waals surface area (Å²) in [5, 5.41) is 5.96. The van der Waals surface area contributed by atoms with E-state index in [1.807, 2.05) is 35.7 Å². The normalized spacial score (nSPS) is 12.1. The zero-order valence-corrected chi connectivity index (χ0v) is 18.8. The summed E-state index contributed by atoms with van der Waals surface area (Å²) in [6, 6.07) is 14.5. The minimum atomic E-state index is -0.519. The monoisotopic (exact) mass is 475 g/mol. The molecule has 4 aromatic rings. The van der Waals surface area contributed by atoms with Crippen LogP contribution in [0.1, 0.15) is 6.92 Å². The predicted octanol–water partition coefficient (Wildman–Crippen LogP) is 6.08. The Hall–Kier alpha value is -2.32. The Morgan fingerprint density at radius 1 is 1.20 bits per heavy atom. The molecule has 152 valence electrons. The summed E-state index contributed by atoms with van der Waals surface area (Å²) in [7, 11) is 0. The SMILES string of the molecule is CC(Sc1nc2scc(-c3ccccc3)c2c(=O)[nH]1)C(=O)Nc1cc(Cl)ccc1Cl. The Morgan fingerprint density at radius 3 is 2.73 bits per heavy atom. The number of halogens is 2. The first-order chi connectivity index (χ1) is 14.4. The Bertz CT molecular complexity index is 1290. The lowest BCUT2D eigenvalue weighted by Crippen LogP contribution is -2.23. The quantitative estimate of drug-likeness (QED) is 0.271.